The highest BCUT2D eigenvalue weighted by atomic mass is 16.5. The van der Waals surface area contributed by atoms with Gasteiger partial charge in [0.25, 0.3) is 0 Å². The van der Waals surface area contributed by atoms with Crippen molar-refractivity contribution in [2.75, 3.05) is 13.7 Å². The molecule has 0 radical (unpaired) electrons. The average molecular weight is 294 g/mol. The quantitative estimate of drug-likeness (QED) is 0.760. The molecule has 0 spiro atoms. The van der Waals surface area contributed by atoms with Crippen molar-refractivity contribution < 1.29 is 24.2 Å². The van der Waals surface area contributed by atoms with Crippen molar-refractivity contribution in [1.29, 1.82) is 0 Å². The number of likely N-dealkylation sites (N-methyl/N-ethyl adjacent to an activating group) is 1. The molecular formula is C14H18N2O5. The predicted molar refractivity (Wildman–Crippen MR) is 74.9 cm³/mol. The summed E-state index contributed by atoms with van der Waals surface area (Å²) in [5, 5.41) is 8.81. The van der Waals surface area contributed by atoms with Gasteiger partial charge in [-0.1, -0.05) is 0 Å². The molecule has 0 bridgehead atoms. The SMILES string of the molecule is CC(C(=O)O)N(C)C(=O)CCOc1ccc(C(N)=O)cc1. The lowest BCUT2D eigenvalue weighted by molar-refractivity contribution is -0.148. The Morgan fingerprint density at radius 2 is 1.86 bits per heavy atom. The molecule has 0 aliphatic heterocycles. The number of carbonyl (C=O) groups excluding carboxylic acids is 2. The van der Waals surface area contributed by atoms with Gasteiger partial charge in [0.05, 0.1) is 13.0 Å². The van der Waals surface area contributed by atoms with Gasteiger partial charge in [-0.2, -0.15) is 0 Å². The van der Waals surface area contributed by atoms with E-state index in [1.54, 1.807) is 12.1 Å². The number of amides is 2. The molecule has 1 aromatic carbocycles. The number of carboxylic acids is 1. The summed E-state index contributed by atoms with van der Waals surface area (Å²) in [5.74, 6) is -1.41. The van der Waals surface area contributed by atoms with E-state index in [-0.39, 0.29) is 18.9 Å². The Hall–Kier alpha value is -2.57. The first-order valence-electron chi connectivity index (χ1n) is 6.34. The number of hydrogen-bond acceptors (Lipinski definition) is 4. The van der Waals surface area contributed by atoms with Crippen LogP contribution in [0.1, 0.15) is 23.7 Å². The molecule has 1 unspecified atom stereocenters. The zero-order valence-corrected chi connectivity index (χ0v) is 11.9. The minimum atomic E-state index is -1.06. The van der Waals surface area contributed by atoms with Crippen LogP contribution in [-0.2, 0) is 9.59 Å². The maximum absolute atomic E-state index is 11.7. The van der Waals surface area contributed by atoms with Crippen molar-refractivity contribution in [2.45, 2.75) is 19.4 Å². The maximum atomic E-state index is 11.7. The van der Waals surface area contributed by atoms with Gasteiger partial charge in [0.2, 0.25) is 11.8 Å². The van der Waals surface area contributed by atoms with Gasteiger partial charge in [0.15, 0.2) is 0 Å². The van der Waals surface area contributed by atoms with Crippen LogP contribution in [0.25, 0.3) is 0 Å². The fourth-order valence-electron chi connectivity index (χ4n) is 1.53. The van der Waals surface area contributed by atoms with E-state index in [1.807, 2.05) is 0 Å². The zero-order valence-electron chi connectivity index (χ0n) is 11.9. The third-order valence-corrected chi connectivity index (χ3v) is 3.06. The Morgan fingerprint density at radius 1 is 1.29 bits per heavy atom. The van der Waals surface area contributed by atoms with Gasteiger partial charge in [0.1, 0.15) is 11.8 Å². The number of rotatable bonds is 7. The molecule has 2 amide bonds. The molecule has 7 nitrogen and oxygen atoms in total. The molecule has 21 heavy (non-hydrogen) atoms. The molecule has 0 heterocycles. The van der Waals surface area contributed by atoms with E-state index in [0.717, 1.165) is 4.90 Å². The van der Waals surface area contributed by atoms with Crippen LogP contribution < -0.4 is 10.5 Å². The molecule has 1 atom stereocenters. The van der Waals surface area contributed by atoms with Gasteiger partial charge >= 0.3 is 5.97 Å². The van der Waals surface area contributed by atoms with E-state index in [1.165, 1.54) is 26.1 Å². The Bertz CT molecular complexity index is 527. The first-order valence-corrected chi connectivity index (χ1v) is 6.34. The Morgan fingerprint density at radius 3 is 2.33 bits per heavy atom. The number of ether oxygens (including phenoxy) is 1. The lowest BCUT2D eigenvalue weighted by Gasteiger charge is -2.21. The van der Waals surface area contributed by atoms with Gasteiger partial charge in [0, 0.05) is 12.6 Å². The number of hydrogen-bond donors (Lipinski definition) is 2. The summed E-state index contributed by atoms with van der Waals surface area (Å²) in [5.41, 5.74) is 5.48. The molecular weight excluding hydrogens is 276 g/mol. The zero-order chi connectivity index (χ0) is 16.0. The van der Waals surface area contributed by atoms with Gasteiger partial charge in [-0.15, -0.1) is 0 Å². The fourth-order valence-corrected chi connectivity index (χ4v) is 1.53. The molecule has 0 aliphatic rings. The second-order valence-electron chi connectivity index (χ2n) is 4.51. The number of carbonyl (C=O) groups is 3. The lowest BCUT2D eigenvalue weighted by Crippen LogP contribution is -2.40. The van der Waals surface area contributed by atoms with E-state index >= 15 is 0 Å². The van der Waals surface area contributed by atoms with Crippen molar-refractivity contribution in [1.82, 2.24) is 4.90 Å². The van der Waals surface area contributed by atoms with Crippen LogP contribution in [0.2, 0.25) is 0 Å². The summed E-state index contributed by atoms with van der Waals surface area (Å²) >= 11 is 0. The van der Waals surface area contributed by atoms with Crippen LogP contribution in [0.15, 0.2) is 24.3 Å². The van der Waals surface area contributed by atoms with Crippen LogP contribution >= 0.6 is 0 Å². The average Bonchev–Trinajstić information content (AvgIpc) is 2.45. The third-order valence-electron chi connectivity index (χ3n) is 3.06. The first-order chi connectivity index (χ1) is 9.82. The standard InChI is InChI=1S/C14H18N2O5/c1-9(14(19)20)16(2)12(17)7-8-21-11-5-3-10(4-6-11)13(15)18/h3-6,9H,7-8H2,1-2H3,(H2,15,18)(H,19,20). The van der Waals surface area contributed by atoms with Crippen molar-refractivity contribution in [2.24, 2.45) is 5.73 Å². The largest absolute Gasteiger partial charge is 0.493 e. The summed E-state index contributed by atoms with van der Waals surface area (Å²) in [6.07, 6.45) is 0.0612. The van der Waals surface area contributed by atoms with Crippen LogP contribution in [-0.4, -0.2) is 47.5 Å². The summed E-state index contributed by atoms with van der Waals surface area (Å²) < 4.78 is 5.35. The fraction of sp³-hybridized carbons (Fsp3) is 0.357. The Labute approximate surface area is 122 Å². The normalized spacial score (nSPS) is 11.5. The topological polar surface area (TPSA) is 110 Å². The monoisotopic (exact) mass is 294 g/mol. The predicted octanol–water partition coefficient (Wildman–Crippen LogP) is 0.486. The number of primary amides is 1. The number of aliphatic carboxylic acids is 1. The van der Waals surface area contributed by atoms with Crippen LogP contribution in [0.3, 0.4) is 0 Å². The van der Waals surface area contributed by atoms with Crippen LogP contribution in [0, 0.1) is 0 Å². The molecule has 0 aromatic heterocycles. The Balaban J connectivity index is 2.44. The van der Waals surface area contributed by atoms with E-state index < -0.39 is 17.9 Å². The van der Waals surface area contributed by atoms with Crippen molar-refractivity contribution in [3.8, 4) is 5.75 Å². The van der Waals surface area contributed by atoms with E-state index in [0.29, 0.717) is 11.3 Å². The highest BCUT2D eigenvalue weighted by molar-refractivity contribution is 5.92. The third kappa shape index (κ3) is 4.79. The lowest BCUT2D eigenvalue weighted by atomic mass is 10.2. The smallest absolute Gasteiger partial charge is 0.326 e. The minimum Gasteiger partial charge on any atom is -0.493 e. The first kappa shape index (κ1) is 16.5. The minimum absolute atomic E-state index is 0.0612. The van der Waals surface area contributed by atoms with Crippen molar-refractivity contribution >= 4 is 17.8 Å². The van der Waals surface area contributed by atoms with Gasteiger partial charge in [-0.3, -0.25) is 9.59 Å². The molecule has 114 valence electrons. The van der Waals surface area contributed by atoms with Gasteiger partial charge < -0.3 is 20.5 Å². The maximum Gasteiger partial charge on any atom is 0.326 e. The second-order valence-corrected chi connectivity index (χ2v) is 4.51. The molecule has 3 N–H and O–H groups in total. The van der Waals surface area contributed by atoms with Crippen LogP contribution in [0.4, 0.5) is 0 Å². The van der Waals surface area contributed by atoms with E-state index in [2.05, 4.69) is 0 Å². The van der Waals surface area contributed by atoms with Gasteiger partial charge in [-0.25, -0.2) is 4.79 Å². The molecule has 0 saturated heterocycles. The van der Waals surface area contributed by atoms with Crippen molar-refractivity contribution in [3.05, 3.63) is 29.8 Å². The summed E-state index contributed by atoms with van der Waals surface area (Å²) in [7, 11) is 1.43. The number of nitrogens with two attached hydrogens (primary N) is 1. The highest BCUT2D eigenvalue weighted by Gasteiger charge is 2.21. The summed E-state index contributed by atoms with van der Waals surface area (Å²) in [4.78, 5) is 34.6. The number of carboxylic acid groups (broad SMARTS) is 1. The Kier molecular flexibility index (Phi) is 5.71. The summed E-state index contributed by atoms with van der Waals surface area (Å²) in [6, 6.07) is 5.32. The van der Waals surface area contributed by atoms with Crippen LogP contribution in [0.5, 0.6) is 5.75 Å². The van der Waals surface area contributed by atoms with Crippen molar-refractivity contribution in [3.63, 3.8) is 0 Å². The summed E-state index contributed by atoms with van der Waals surface area (Å²) in [6.45, 7) is 1.55. The van der Waals surface area contributed by atoms with Gasteiger partial charge in [-0.05, 0) is 31.2 Å². The molecule has 0 saturated carbocycles. The molecule has 1 rings (SSSR count). The number of nitrogens with zero attached hydrogens (tertiary/aromatic N) is 1. The number of benzene rings is 1. The molecule has 0 fully saturated rings. The van der Waals surface area contributed by atoms with E-state index in [9.17, 15) is 14.4 Å². The molecule has 7 heteroatoms. The molecule has 1 aromatic rings. The molecule has 0 aliphatic carbocycles. The highest BCUT2D eigenvalue weighted by Crippen LogP contribution is 2.12. The second kappa shape index (κ2) is 7.28. The van der Waals surface area contributed by atoms with E-state index in [4.69, 9.17) is 15.6 Å².